The first-order chi connectivity index (χ1) is 5.26. The fraction of sp³-hybridized carbons (Fsp3) is 0.222. The molecule has 0 aromatic carbocycles. The van der Waals surface area contributed by atoms with Crippen LogP contribution in [0.25, 0.3) is 0 Å². The van der Waals surface area contributed by atoms with Crippen LogP contribution in [0.2, 0.25) is 0 Å². The van der Waals surface area contributed by atoms with Crippen LogP contribution in [0.4, 0.5) is 0 Å². The standard InChI is InChI=1S/C9H10N2/c1-3-8-4-7(2)11-9(5-8)6-10/h1,4-5H,6,10H2,2H3. The van der Waals surface area contributed by atoms with E-state index < -0.39 is 0 Å². The van der Waals surface area contributed by atoms with E-state index in [-0.39, 0.29) is 0 Å². The van der Waals surface area contributed by atoms with Crippen molar-refractivity contribution in [3.63, 3.8) is 0 Å². The van der Waals surface area contributed by atoms with Crippen molar-refractivity contribution in [2.75, 3.05) is 0 Å². The van der Waals surface area contributed by atoms with E-state index in [4.69, 9.17) is 12.2 Å². The van der Waals surface area contributed by atoms with Gasteiger partial charge in [-0.1, -0.05) is 5.92 Å². The van der Waals surface area contributed by atoms with E-state index in [9.17, 15) is 0 Å². The first kappa shape index (κ1) is 7.77. The van der Waals surface area contributed by atoms with E-state index in [1.807, 2.05) is 19.1 Å². The van der Waals surface area contributed by atoms with Crippen LogP contribution in [0.1, 0.15) is 17.0 Å². The van der Waals surface area contributed by atoms with Gasteiger partial charge < -0.3 is 5.73 Å². The van der Waals surface area contributed by atoms with Crippen LogP contribution in [0.3, 0.4) is 0 Å². The summed E-state index contributed by atoms with van der Waals surface area (Å²) in [5.74, 6) is 2.55. The molecule has 2 heteroatoms. The Kier molecular flexibility index (Phi) is 2.25. The molecule has 0 spiro atoms. The highest BCUT2D eigenvalue weighted by molar-refractivity contribution is 5.34. The zero-order chi connectivity index (χ0) is 8.27. The summed E-state index contributed by atoms with van der Waals surface area (Å²) in [4.78, 5) is 4.18. The van der Waals surface area contributed by atoms with Crippen molar-refractivity contribution in [2.24, 2.45) is 5.73 Å². The van der Waals surface area contributed by atoms with Crippen molar-refractivity contribution in [2.45, 2.75) is 13.5 Å². The number of aromatic nitrogens is 1. The van der Waals surface area contributed by atoms with Crippen LogP contribution in [0.15, 0.2) is 12.1 Å². The third-order valence-corrected chi connectivity index (χ3v) is 1.38. The molecule has 0 aliphatic heterocycles. The summed E-state index contributed by atoms with van der Waals surface area (Å²) in [5.41, 5.74) is 8.02. The quantitative estimate of drug-likeness (QED) is 0.596. The van der Waals surface area contributed by atoms with Gasteiger partial charge in [-0.25, -0.2) is 0 Å². The maximum Gasteiger partial charge on any atom is 0.0555 e. The lowest BCUT2D eigenvalue weighted by Gasteiger charge is -1.98. The Morgan fingerprint density at radius 3 is 2.91 bits per heavy atom. The minimum absolute atomic E-state index is 0.441. The lowest BCUT2D eigenvalue weighted by Crippen LogP contribution is -2.01. The molecule has 0 atom stereocenters. The van der Waals surface area contributed by atoms with Gasteiger partial charge in [0, 0.05) is 17.8 Å². The number of aryl methyl sites for hydroxylation is 1. The van der Waals surface area contributed by atoms with Gasteiger partial charge in [0.1, 0.15) is 0 Å². The number of nitrogens with zero attached hydrogens (tertiary/aromatic N) is 1. The van der Waals surface area contributed by atoms with Crippen molar-refractivity contribution in [3.05, 3.63) is 29.1 Å². The molecule has 0 bridgehead atoms. The van der Waals surface area contributed by atoms with Crippen LogP contribution in [-0.4, -0.2) is 4.98 Å². The zero-order valence-corrected chi connectivity index (χ0v) is 6.46. The van der Waals surface area contributed by atoms with Gasteiger partial charge in [0.2, 0.25) is 0 Å². The molecular formula is C9H10N2. The number of nitrogens with two attached hydrogens (primary N) is 1. The Balaban J connectivity index is 3.15. The summed E-state index contributed by atoms with van der Waals surface area (Å²) in [6.07, 6.45) is 5.22. The predicted molar refractivity (Wildman–Crippen MR) is 44.8 cm³/mol. The lowest BCUT2D eigenvalue weighted by atomic mass is 10.2. The monoisotopic (exact) mass is 146 g/mol. The maximum atomic E-state index is 5.41. The minimum atomic E-state index is 0.441. The molecule has 0 radical (unpaired) electrons. The van der Waals surface area contributed by atoms with Gasteiger partial charge in [0.05, 0.1) is 5.69 Å². The van der Waals surface area contributed by atoms with Crippen LogP contribution in [-0.2, 0) is 6.54 Å². The van der Waals surface area contributed by atoms with E-state index >= 15 is 0 Å². The summed E-state index contributed by atoms with van der Waals surface area (Å²) in [6.45, 7) is 2.34. The largest absolute Gasteiger partial charge is 0.325 e. The Bertz CT molecular complexity index is 297. The third-order valence-electron chi connectivity index (χ3n) is 1.38. The average Bonchev–Trinajstić information content (AvgIpc) is 2.03. The van der Waals surface area contributed by atoms with Crippen molar-refractivity contribution in [1.82, 2.24) is 4.98 Å². The second kappa shape index (κ2) is 3.18. The number of pyridine rings is 1. The van der Waals surface area contributed by atoms with Gasteiger partial charge >= 0.3 is 0 Å². The summed E-state index contributed by atoms with van der Waals surface area (Å²) in [5, 5.41) is 0. The topological polar surface area (TPSA) is 38.9 Å². The van der Waals surface area contributed by atoms with Crippen molar-refractivity contribution >= 4 is 0 Å². The molecule has 2 nitrogen and oxygen atoms in total. The van der Waals surface area contributed by atoms with E-state index in [1.165, 1.54) is 0 Å². The molecule has 0 aliphatic carbocycles. The minimum Gasteiger partial charge on any atom is -0.325 e. The first-order valence-electron chi connectivity index (χ1n) is 3.40. The van der Waals surface area contributed by atoms with Crippen molar-refractivity contribution in [1.29, 1.82) is 0 Å². The van der Waals surface area contributed by atoms with Gasteiger partial charge in [-0.15, -0.1) is 6.42 Å². The molecule has 0 saturated heterocycles. The van der Waals surface area contributed by atoms with Crippen molar-refractivity contribution in [3.8, 4) is 12.3 Å². The second-order valence-electron chi connectivity index (χ2n) is 2.34. The molecular weight excluding hydrogens is 136 g/mol. The van der Waals surface area contributed by atoms with Gasteiger partial charge in [0.25, 0.3) is 0 Å². The molecule has 1 rings (SSSR count). The van der Waals surface area contributed by atoms with Gasteiger partial charge in [0.15, 0.2) is 0 Å². The van der Waals surface area contributed by atoms with Gasteiger partial charge in [-0.05, 0) is 19.1 Å². The number of hydrogen-bond acceptors (Lipinski definition) is 2. The molecule has 0 aliphatic rings. The van der Waals surface area contributed by atoms with Gasteiger partial charge in [-0.2, -0.15) is 0 Å². The first-order valence-corrected chi connectivity index (χ1v) is 3.40. The van der Waals surface area contributed by atoms with Crippen LogP contribution < -0.4 is 5.73 Å². The Morgan fingerprint density at radius 1 is 1.64 bits per heavy atom. The number of hydrogen-bond donors (Lipinski definition) is 1. The molecule has 0 amide bonds. The fourth-order valence-electron chi connectivity index (χ4n) is 0.925. The van der Waals surface area contributed by atoms with Crippen LogP contribution in [0.5, 0.6) is 0 Å². The Hall–Kier alpha value is -1.33. The Morgan fingerprint density at radius 2 is 2.36 bits per heavy atom. The molecule has 11 heavy (non-hydrogen) atoms. The number of rotatable bonds is 1. The molecule has 0 unspecified atom stereocenters. The SMILES string of the molecule is C#Cc1cc(C)nc(CN)c1. The smallest absolute Gasteiger partial charge is 0.0555 e. The summed E-state index contributed by atoms with van der Waals surface area (Å²) >= 11 is 0. The molecule has 1 aromatic rings. The third kappa shape index (κ3) is 1.79. The summed E-state index contributed by atoms with van der Waals surface area (Å²) in [7, 11) is 0. The molecule has 2 N–H and O–H groups in total. The van der Waals surface area contributed by atoms with E-state index in [2.05, 4.69) is 10.9 Å². The average molecular weight is 146 g/mol. The Labute approximate surface area is 66.4 Å². The highest BCUT2D eigenvalue weighted by atomic mass is 14.7. The van der Waals surface area contributed by atoms with E-state index in [0.29, 0.717) is 6.54 Å². The summed E-state index contributed by atoms with van der Waals surface area (Å²) in [6, 6.07) is 3.69. The molecule has 0 fully saturated rings. The van der Waals surface area contributed by atoms with E-state index in [0.717, 1.165) is 17.0 Å². The molecule has 56 valence electrons. The molecule has 0 saturated carbocycles. The maximum absolute atomic E-state index is 5.41. The molecule has 1 aromatic heterocycles. The zero-order valence-electron chi connectivity index (χ0n) is 6.46. The normalized spacial score (nSPS) is 9.18. The predicted octanol–water partition coefficient (Wildman–Crippen LogP) is 0.830. The highest BCUT2D eigenvalue weighted by Crippen LogP contribution is 2.03. The summed E-state index contributed by atoms with van der Waals surface area (Å²) < 4.78 is 0. The second-order valence-corrected chi connectivity index (χ2v) is 2.34. The van der Waals surface area contributed by atoms with Crippen LogP contribution in [0, 0.1) is 19.3 Å². The van der Waals surface area contributed by atoms with Crippen LogP contribution >= 0.6 is 0 Å². The highest BCUT2D eigenvalue weighted by Gasteiger charge is 1.94. The lowest BCUT2D eigenvalue weighted by molar-refractivity contribution is 0.967. The van der Waals surface area contributed by atoms with Gasteiger partial charge in [-0.3, -0.25) is 4.98 Å². The van der Waals surface area contributed by atoms with Crippen molar-refractivity contribution < 1.29 is 0 Å². The fourth-order valence-corrected chi connectivity index (χ4v) is 0.925. The molecule has 1 heterocycles. The number of terminal acetylenes is 1. The van der Waals surface area contributed by atoms with E-state index in [1.54, 1.807) is 0 Å².